The van der Waals surface area contributed by atoms with E-state index in [4.69, 9.17) is 5.26 Å². The summed E-state index contributed by atoms with van der Waals surface area (Å²) in [5.74, 6) is 0.345. The van der Waals surface area contributed by atoms with Crippen molar-refractivity contribution >= 4 is 10.0 Å². The van der Waals surface area contributed by atoms with Crippen molar-refractivity contribution in [3.05, 3.63) is 29.3 Å². The fourth-order valence-corrected chi connectivity index (χ4v) is 4.15. The van der Waals surface area contributed by atoms with Gasteiger partial charge in [-0.05, 0) is 56.5 Å². The molecule has 1 heterocycles. The average molecular weight is 307 g/mol. The van der Waals surface area contributed by atoms with Crippen LogP contribution in [0.2, 0.25) is 0 Å². The van der Waals surface area contributed by atoms with Crippen molar-refractivity contribution in [2.24, 2.45) is 5.92 Å². The summed E-state index contributed by atoms with van der Waals surface area (Å²) in [6.07, 6.45) is 2.13. The number of aryl methyl sites for hydroxylation is 1. The minimum atomic E-state index is -3.55. The van der Waals surface area contributed by atoms with Crippen LogP contribution in [0.1, 0.15) is 24.0 Å². The van der Waals surface area contributed by atoms with Crippen LogP contribution in [0.25, 0.3) is 0 Å². The van der Waals surface area contributed by atoms with Crippen molar-refractivity contribution in [3.63, 3.8) is 0 Å². The van der Waals surface area contributed by atoms with Crippen molar-refractivity contribution in [1.82, 2.24) is 9.62 Å². The van der Waals surface area contributed by atoms with Crippen molar-refractivity contribution in [2.75, 3.05) is 26.7 Å². The molecule has 1 saturated heterocycles. The maximum Gasteiger partial charge on any atom is 0.243 e. The van der Waals surface area contributed by atoms with Crippen LogP contribution in [0.3, 0.4) is 0 Å². The predicted molar refractivity (Wildman–Crippen MR) is 81.3 cm³/mol. The van der Waals surface area contributed by atoms with E-state index < -0.39 is 10.0 Å². The van der Waals surface area contributed by atoms with E-state index in [1.807, 2.05) is 6.07 Å². The Labute approximate surface area is 126 Å². The standard InChI is InChI=1S/C15H21N3O2S/c1-12-5-6-13(9-16)8-15(12)21(19,20)18(2)11-14-4-3-7-17-10-14/h5-6,8,14,17H,3-4,7,10-11H2,1-2H3. The van der Waals surface area contributed by atoms with Gasteiger partial charge in [0.1, 0.15) is 0 Å². The van der Waals surface area contributed by atoms with Crippen molar-refractivity contribution in [1.29, 1.82) is 5.26 Å². The van der Waals surface area contributed by atoms with Crippen LogP contribution < -0.4 is 5.32 Å². The van der Waals surface area contributed by atoms with E-state index in [2.05, 4.69) is 5.32 Å². The summed E-state index contributed by atoms with van der Waals surface area (Å²) in [5, 5.41) is 12.2. The number of benzene rings is 1. The topological polar surface area (TPSA) is 73.2 Å². The lowest BCUT2D eigenvalue weighted by molar-refractivity contribution is 0.314. The summed E-state index contributed by atoms with van der Waals surface area (Å²) in [6.45, 7) is 4.13. The molecule has 0 radical (unpaired) electrons. The first-order valence-electron chi connectivity index (χ1n) is 7.13. The minimum Gasteiger partial charge on any atom is -0.316 e. The van der Waals surface area contributed by atoms with Gasteiger partial charge in [0.25, 0.3) is 0 Å². The van der Waals surface area contributed by atoms with Gasteiger partial charge in [-0.15, -0.1) is 0 Å². The molecule has 1 N–H and O–H groups in total. The van der Waals surface area contributed by atoms with Gasteiger partial charge in [0.15, 0.2) is 0 Å². The van der Waals surface area contributed by atoms with Crippen LogP contribution in [0.5, 0.6) is 0 Å². The third-order valence-corrected chi connectivity index (χ3v) is 5.89. The number of sulfonamides is 1. The van der Waals surface area contributed by atoms with Gasteiger partial charge < -0.3 is 5.32 Å². The first-order chi connectivity index (χ1) is 9.95. The van der Waals surface area contributed by atoms with Crippen LogP contribution in [-0.4, -0.2) is 39.4 Å². The van der Waals surface area contributed by atoms with E-state index in [0.29, 0.717) is 23.6 Å². The van der Waals surface area contributed by atoms with Crippen LogP contribution in [0.15, 0.2) is 23.1 Å². The second kappa shape index (κ2) is 6.56. The molecule has 21 heavy (non-hydrogen) atoms. The zero-order chi connectivity index (χ0) is 15.5. The average Bonchev–Trinajstić information content (AvgIpc) is 2.48. The largest absolute Gasteiger partial charge is 0.316 e. The highest BCUT2D eigenvalue weighted by molar-refractivity contribution is 7.89. The molecule has 114 valence electrons. The van der Waals surface area contributed by atoms with Gasteiger partial charge >= 0.3 is 0 Å². The van der Waals surface area contributed by atoms with Gasteiger partial charge in [-0.3, -0.25) is 0 Å². The van der Waals surface area contributed by atoms with Gasteiger partial charge in [0.05, 0.1) is 16.5 Å². The summed E-state index contributed by atoms with van der Waals surface area (Å²) in [4.78, 5) is 0.229. The normalized spacial score (nSPS) is 19.4. The third kappa shape index (κ3) is 3.62. The number of nitrogens with one attached hydrogen (secondary N) is 1. The Balaban J connectivity index is 2.22. The maximum absolute atomic E-state index is 12.7. The molecule has 1 unspecified atom stereocenters. The predicted octanol–water partition coefficient (Wildman–Crippen LogP) is 1.49. The van der Waals surface area contributed by atoms with Gasteiger partial charge in [0, 0.05) is 13.6 Å². The van der Waals surface area contributed by atoms with Crippen molar-refractivity contribution in [3.8, 4) is 6.07 Å². The van der Waals surface area contributed by atoms with E-state index in [9.17, 15) is 8.42 Å². The molecule has 1 atom stereocenters. The molecule has 0 saturated carbocycles. The summed E-state index contributed by atoms with van der Waals surface area (Å²) in [7, 11) is -1.93. The molecule has 5 nitrogen and oxygen atoms in total. The molecule has 1 fully saturated rings. The quantitative estimate of drug-likeness (QED) is 0.914. The Morgan fingerprint density at radius 2 is 2.24 bits per heavy atom. The molecule has 1 aliphatic heterocycles. The van der Waals surface area contributed by atoms with Gasteiger partial charge in [-0.25, -0.2) is 12.7 Å². The Morgan fingerprint density at radius 3 is 2.86 bits per heavy atom. The molecule has 6 heteroatoms. The monoisotopic (exact) mass is 307 g/mol. The first kappa shape index (κ1) is 16.0. The zero-order valence-corrected chi connectivity index (χ0v) is 13.3. The molecule has 2 rings (SSSR count). The highest BCUT2D eigenvalue weighted by atomic mass is 32.2. The van der Waals surface area contributed by atoms with Crippen LogP contribution in [0.4, 0.5) is 0 Å². The van der Waals surface area contributed by atoms with E-state index in [0.717, 1.165) is 25.9 Å². The van der Waals surface area contributed by atoms with E-state index in [1.165, 1.54) is 10.4 Å². The van der Waals surface area contributed by atoms with Crippen molar-refractivity contribution in [2.45, 2.75) is 24.7 Å². The van der Waals surface area contributed by atoms with Gasteiger partial charge in [-0.2, -0.15) is 5.26 Å². The van der Waals surface area contributed by atoms with Gasteiger partial charge in [0.2, 0.25) is 10.0 Å². The highest BCUT2D eigenvalue weighted by Crippen LogP contribution is 2.22. The number of hydrogen-bond donors (Lipinski definition) is 1. The first-order valence-corrected chi connectivity index (χ1v) is 8.57. The Kier molecular flexibility index (Phi) is 4.99. The van der Waals surface area contributed by atoms with E-state index >= 15 is 0 Å². The molecule has 1 aliphatic rings. The fourth-order valence-electron chi connectivity index (χ4n) is 2.66. The Bertz CT molecular complexity index is 643. The molecule has 0 spiro atoms. The molecular formula is C15H21N3O2S. The van der Waals surface area contributed by atoms with Crippen molar-refractivity contribution < 1.29 is 8.42 Å². The summed E-state index contributed by atoms with van der Waals surface area (Å²) >= 11 is 0. The second-order valence-corrected chi connectivity index (χ2v) is 7.60. The number of nitrogens with zero attached hydrogens (tertiary/aromatic N) is 2. The summed E-state index contributed by atoms with van der Waals surface area (Å²) < 4.78 is 26.8. The minimum absolute atomic E-state index is 0.229. The van der Waals surface area contributed by atoms with E-state index in [1.54, 1.807) is 26.1 Å². The molecule has 0 amide bonds. The summed E-state index contributed by atoms with van der Waals surface area (Å²) in [5.41, 5.74) is 1.04. The number of nitriles is 1. The van der Waals surface area contributed by atoms with Crippen LogP contribution in [0, 0.1) is 24.2 Å². The fraction of sp³-hybridized carbons (Fsp3) is 0.533. The zero-order valence-electron chi connectivity index (χ0n) is 12.5. The molecule has 0 aliphatic carbocycles. The smallest absolute Gasteiger partial charge is 0.243 e. The molecule has 1 aromatic rings. The lowest BCUT2D eigenvalue weighted by Crippen LogP contribution is -2.39. The number of hydrogen-bond acceptors (Lipinski definition) is 4. The maximum atomic E-state index is 12.7. The highest BCUT2D eigenvalue weighted by Gasteiger charge is 2.26. The van der Waals surface area contributed by atoms with Gasteiger partial charge in [-0.1, -0.05) is 6.07 Å². The van der Waals surface area contributed by atoms with Crippen LogP contribution in [-0.2, 0) is 10.0 Å². The SMILES string of the molecule is Cc1ccc(C#N)cc1S(=O)(=O)N(C)CC1CCCNC1. The Hall–Kier alpha value is -1.42. The summed E-state index contributed by atoms with van der Waals surface area (Å²) in [6, 6.07) is 6.77. The Morgan fingerprint density at radius 1 is 1.48 bits per heavy atom. The van der Waals surface area contributed by atoms with E-state index in [-0.39, 0.29) is 4.90 Å². The lowest BCUT2D eigenvalue weighted by atomic mass is 10.00. The third-order valence-electron chi connectivity index (χ3n) is 3.92. The van der Waals surface area contributed by atoms with Crippen LogP contribution >= 0.6 is 0 Å². The second-order valence-electron chi connectivity index (χ2n) is 5.59. The molecule has 0 bridgehead atoms. The molecule has 0 aromatic heterocycles. The number of rotatable bonds is 4. The molecule has 1 aromatic carbocycles. The number of piperidine rings is 1. The molecular weight excluding hydrogens is 286 g/mol. The lowest BCUT2D eigenvalue weighted by Gasteiger charge is -2.27.